The Kier molecular flexibility index (Phi) is 6.60. The molecular weight excluding hydrogens is 358 g/mol. The van der Waals surface area contributed by atoms with Crippen LogP contribution in [-0.2, 0) is 0 Å². The highest BCUT2D eigenvalue weighted by molar-refractivity contribution is 5.59. The summed E-state index contributed by atoms with van der Waals surface area (Å²) in [5, 5.41) is 3.55. The summed E-state index contributed by atoms with van der Waals surface area (Å²) in [6.07, 6.45) is 4.11. The van der Waals surface area contributed by atoms with E-state index in [9.17, 15) is 0 Å². The van der Waals surface area contributed by atoms with E-state index in [-0.39, 0.29) is 6.10 Å². The number of rotatable bonds is 8. The number of benzene rings is 2. The number of piperazine rings is 1. The Balaban J connectivity index is 1.19. The van der Waals surface area contributed by atoms with E-state index >= 15 is 0 Å². The number of fused-ring (bicyclic) bond motifs is 1. The summed E-state index contributed by atoms with van der Waals surface area (Å²) >= 11 is 0. The van der Waals surface area contributed by atoms with Gasteiger partial charge in [0, 0.05) is 44.3 Å². The molecule has 29 heavy (non-hydrogen) atoms. The maximum Gasteiger partial charge on any atom is 0.142 e. The number of nitrogens with zero attached hydrogens (tertiary/aromatic N) is 2. The zero-order valence-corrected chi connectivity index (χ0v) is 17.9. The maximum absolute atomic E-state index is 6.02. The number of nitrogens with one attached hydrogen (secondary N) is 1. The molecule has 4 heteroatoms. The van der Waals surface area contributed by atoms with Gasteiger partial charge >= 0.3 is 0 Å². The molecule has 0 spiro atoms. The molecular formula is C25H35N3O. The van der Waals surface area contributed by atoms with Crippen LogP contribution in [0.4, 0.5) is 11.4 Å². The molecule has 0 amide bonds. The molecule has 0 saturated carbocycles. The lowest BCUT2D eigenvalue weighted by Crippen LogP contribution is -2.46. The van der Waals surface area contributed by atoms with E-state index < -0.39 is 0 Å². The second-order valence-electron chi connectivity index (χ2n) is 8.62. The highest BCUT2D eigenvalue weighted by Gasteiger charge is 2.22. The fraction of sp³-hybridized carbons (Fsp3) is 0.520. The van der Waals surface area contributed by atoms with E-state index in [4.69, 9.17) is 4.74 Å². The molecule has 2 aromatic carbocycles. The van der Waals surface area contributed by atoms with Crippen molar-refractivity contribution in [2.75, 3.05) is 49.5 Å². The minimum absolute atomic E-state index is 0.208. The molecule has 2 aromatic rings. The first kappa shape index (κ1) is 20.1. The smallest absolute Gasteiger partial charge is 0.142 e. The highest BCUT2D eigenvalue weighted by atomic mass is 16.5. The van der Waals surface area contributed by atoms with Crippen LogP contribution in [0.1, 0.15) is 44.6 Å². The highest BCUT2D eigenvalue weighted by Crippen LogP contribution is 2.34. The molecule has 0 aromatic heterocycles. The van der Waals surface area contributed by atoms with Crippen LogP contribution in [0.15, 0.2) is 48.5 Å². The molecule has 4 nitrogen and oxygen atoms in total. The van der Waals surface area contributed by atoms with E-state index in [0.29, 0.717) is 5.92 Å². The van der Waals surface area contributed by atoms with Gasteiger partial charge in [0.05, 0.1) is 11.8 Å². The third kappa shape index (κ3) is 5.05. The van der Waals surface area contributed by atoms with Crippen molar-refractivity contribution in [2.45, 2.75) is 45.1 Å². The van der Waals surface area contributed by atoms with Crippen LogP contribution in [0.25, 0.3) is 0 Å². The molecule has 0 bridgehead atoms. The first-order valence-corrected chi connectivity index (χ1v) is 11.3. The molecule has 0 aliphatic carbocycles. The average molecular weight is 394 g/mol. The molecule has 1 saturated heterocycles. The van der Waals surface area contributed by atoms with Crippen LogP contribution in [0.3, 0.4) is 0 Å². The van der Waals surface area contributed by atoms with Gasteiger partial charge in [0.15, 0.2) is 0 Å². The number of ether oxygens (including phenoxy) is 1. The van der Waals surface area contributed by atoms with Gasteiger partial charge in [-0.15, -0.1) is 0 Å². The Labute approximate surface area is 175 Å². The molecule has 1 unspecified atom stereocenters. The standard InChI is InChI=1S/C25H35N3O/c1-20(2)29-25-13-6-5-12-24(25)28-17-15-27(16-18-28)14-8-7-9-21-19-26-23-11-4-3-10-22(21)23/h3-6,10-13,20-21,26H,7-9,14-19H2,1-2H3. The van der Waals surface area contributed by atoms with Gasteiger partial charge in [-0.3, -0.25) is 4.90 Å². The molecule has 2 heterocycles. The molecule has 0 radical (unpaired) electrons. The van der Waals surface area contributed by atoms with E-state index in [1.807, 2.05) is 0 Å². The lowest BCUT2D eigenvalue weighted by Gasteiger charge is -2.37. The minimum atomic E-state index is 0.208. The van der Waals surface area contributed by atoms with Crippen LogP contribution < -0.4 is 15.0 Å². The second-order valence-corrected chi connectivity index (χ2v) is 8.62. The van der Waals surface area contributed by atoms with Gasteiger partial charge in [0.2, 0.25) is 0 Å². The SMILES string of the molecule is CC(C)Oc1ccccc1N1CCN(CCCCC2CNc3ccccc32)CC1. The van der Waals surface area contributed by atoms with Gasteiger partial charge in [0.1, 0.15) is 5.75 Å². The fourth-order valence-electron chi connectivity index (χ4n) is 4.63. The Morgan fingerprint density at radius 3 is 2.55 bits per heavy atom. The second kappa shape index (κ2) is 9.53. The number of para-hydroxylation sites is 3. The van der Waals surface area contributed by atoms with E-state index in [1.165, 1.54) is 42.7 Å². The lowest BCUT2D eigenvalue weighted by molar-refractivity contribution is 0.236. The Morgan fingerprint density at radius 2 is 1.72 bits per heavy atom. The zero-order valence-electron chi connectivity index (χ0n) is 17.9. The van der Waals surface area contributed by atoms with Gasteiger partial charge in [-0.1, -0.05) is 36.8 Å². The Hall–Kier alpha value is -2.20. The number of anilines is 2. The summed E-state index contributed by atoms with van der Waals surface area (Å²) in [5.41, 5.74) is 4.10. The third-order valence-electron chi connectivity index (χ3n) is 6.16. The lowest BCUT2D eigenvalue weighted by atomic mass is 9.95. The molecule has 1 atom stereocenters. The van der Waals surface area contributed by atoms with Crippen molar-refractivity contribution in [1.29, 1.82) is 0 Å². The Morgan fingerprint density at radius 1 is 0.966 bits per heavy atom. The van der Waals surface area contributed by atoms with Crippen LogP contribution in [0.5, 0.6) is 5.75 Å². The van der Waals surface area contributed by atoms with Gasteiger partial charge in [0.25, 0.3) is 0 Å². The van der Waals surface area contributed by atoms with Crippen LogP contribution >= 0.6 is 0 Å². The zero-order chi connectivity index (χ0) is 20.1. The summed E-state index contributed by atoms with van der Waals surface area (Å²) < 4.78 is 6.02. The first-order chi connectivity index (χ1) is 14.2. The van der Waals surface area contributed by atoms with E-state index in [1.54, 1.807) is 0 Å². The summed E-state index contributed by atoms with van der Waals surface area (Å²) in [7, 11) is 0. The minimum Gasteiger partial charge on any atom is -0.489 e. The summed E-state index contributed by atoms with van der Waals surface area (Å²) in [5.74, 6) is 1.71. The van der Waals surface area contributed by atoms with E-state index in [2.05, 4.69) is 77.5 Å². The predicted octanol–water partition coefficient (Wildman–Crippen LogP) is 4.98. The van der Waals surface area contributed by atoms with Gasteiger partial charge in [-0.25, -0.2) is 0 Å². The molecule has 4 rings (SSSR count). The monoisotopic (exact) mass is 393 g/mol. The molecule has 2 aliphatic heterocycles. The van der Waals surface area contributed by atoms with Crippen molar-refractivity contribution >= 4 is 11.4 Å². The third-order valence-corrected chi connectivity index (χ3v) is 6.16. The summed E-state index contributed by atoms with van der Waals surface area (Å²) in [6, 6.07) is 17.3. The number of unbranched alkanes of at least 4 members (excludes halogenated alkanes) is 1. The van der Waals surface area contributed by atoms with Crippen LogP contribution in [0, 0.1) is 0 Å². The van der Waals surface area contributed by atoms with Crippen molar-refractivity contribution in [2.24, 2.45) is 0 Å². The van der Waals surface area contributed by atoms with Crippen molar-refractivity contribution in [1.82, 2.24) is 4.90 Å². The molecule has 2 aliphatic rings. The van der Waals surface area contributed by atoms with Crippen molar-refractivity contribution < 1.29 is 4.74 Å². The van der Waals surface area contributed by atoms with Crippen molar-refractivity contribution in [3.8, 4) is 5.75 Å². The Bertz CT molecular complexity index is 783. The van der Waals surface area contributed by atoms with E-state index in [0.717, 1.165) is 38.5 Å². The topological polar surface area (TPSA) is 27.7 Å². The summed E-state index contributed by atoms with van der Waals surface area (Å²) in [4.78, 5) is 5.11. The largest absolute Gasteiger partial charge is 0.489 e. The van der Waals surface area contributed by atoms with Gasteiger partial charge in [-0.2, -0.15) is 0 Å². The number of hydrogen-bond acceptors (Lipinski definition) is 4. The molecule has 1 fully saturated rings. The molecule has 156 valence electrons. The van der Waals surface area contributed by atoms with Crippen LogP contribution in [0.2, 0.25) is 0 Å². The summed E-state index contributed by atoms with van der Waals surface area (Å²) in [6.45, 7) is 11.0. The first-order valence-electron chi connectivity index (χ1n) is 11.3. The predicted molar refractivity (Wildman–Crippen MR) is 122 cm³/mol. The van der Waals surface area contributed by atoms with Gasteiger partial charge < -0.3 is 15.0 Å². The van der Waals surface area contributed by atoms with Crippen molar-refractivity contribution in [3.05, 3.63) is 54.1 Å². The van der Waals surface area contributed by atoms with Gasteiger partial charge in [-0.05, 0) is 57.0 Å². The maximum atomic E-state index is 6.02. The average Bonchev–Trinajstić information content (AvgIpc) is 3.15. The molecule has 1 N–H and O–H groups in total. The number of hydrogen-bond donors (Lipinski definition) is 1. The normalized spacial score (nSPS) is 19.3. The van der Waals surface area contributed by atoms with Crippen LogP contribution in [-0.4, -0.2) is 50.3 Å². The fourth-order valence-corrected chi connectivity index (χ4v) is 4.63. The quantitative estimate of drug-likeness (QED) is 0.641. The van der Waals surface area contributed by atoms with Crippen molar-refractivity contribution in [3.63, 3.8) is 0 Å².